The first kappa shape index (κ1) is 31.7. The SMILES string of the molecule is Cc1ccc(S(=O)(=O)Nc2ccc(N3CCN(CC(=O)N4CCCC4)CC3)cc2C(=O)O)cc1.O=C(O)C(F)(F)F. The second-order valence-corrected chi connectivity index (χ2v) is 11.3. The van der Waals surface area contributed by atoms with Crippen molar-refractivity contribution in [3.63, 3.8) is 0 Å². The number of nitrogens with one attached hydrogen (secondary N) is 1. The standard InChI is InChI=1S/C24H30N4O5S.C2HF3O2/c1-18-4-7-20(8-5-18)34(32,33)25-22-9-6-19(16-21(22)24(30)31)27-14-12-26(13-15-27)17-23(29)28-10-2-3-11-28;3-2(4,5)1(6)7/h4-9,16,25H,2-3,10-15,17H2,1H3,(H,30,31);(H,6,7). The molecule has 2 saturated heterocycles. The molecule has 2 aromatic carbocycles. The number of alkyl halides is 3. The Hall–Kier alpha value is -3.85. The molecular weight excluding hydrogens is 569 g/mol. The molecule has 15 heteroatoms. The Kier molecular flexibility index (Phi) is 10.2. The molecule has 0 aliphatic carbocycles. The second-order valence-electron chi connectivity index (χ2n) is 9.61. The number of piperazine rings is 1. The van der Waals surface area contributed by atoms with Crippen molar-refractivity contribution < 1.29 is 46.2 Å². The number of halogens is 3. The van der Waals surface area contributed by atoms with Crippen LogP contribution >= 0.6 is 0 Å². The van der Waals surface area contributed by atoms with Gasteiger partial charge in [0.15, 0.2) is 0 Å². The van der Waals surface area contributed by atoms with Gasteiger partial charge >= 0.3 is 18.1 Å². The van der Waals surface area contributed by atoms with E-state index in [1.54, 1.807) is 18.2 Å². The highest BCUT2D eigenvalue weighted by Gasteiger charge is 2.38. The first-order valence-corrected chi connectivity index (χ1v) is 14.2. The quantitative estimate of drug-likeness (QED) is 0.436. The maximum atomic E-state index is 12.7. The van der Waals surface area contributed by atoms with Crippen molar-refractivity contribution in [3.05, 3.63) is 53.6 Å². The number of carboxylic acids is 2. The third kappa shape index (κ3) is 8.82. The Bertz CT molecular complexity index is 1350. The van der Waals surface area contributed by atoms with Crippen LogP contribution in [0.25, 0.3) is 0 Å². The lowest BCUT2D eigenvalue weighted by atomic mass is 10.1. The molecule has 2 heterocycles. The number of hydrogen-bond donors (Lipinski definition) is 3. The van der Waals surface area contributed by atoms with E-state index in [0.717, 1.165) is 31.5 Å². The highest BCUT2D eigenvalue weighted by molar-refractivity contribution is 7.92. The first-order valence-electron chi connectivity index (χ1n) is 12.7. The topological polar surface area (TPSA) is 148 Å². The number of anilines is 2. The van der Waals surface area contributed by atoms with Crippen LogP contribution < -0.4 is 9.62 Å². The third-order valence-corrected chi connectivity index (χ3v) is 7.99. The van der Waals surface area contributed by atoms with Crippen LogP contribution in [0.4, 0.5) is 24.5 Å². The van der Waals surface area contributed by atoms with Crippen molar-refractivity contribution >= 4 is 39.2 Å². The number of amides is 1. The molecule has 2 aliphatic rings. The van der Waals surface area contributed by atoms with Crippen molar-refractivity contribution in [1.82, 2.24) is 9.80 Å². The minimum absolute atomic E-state index is 0.0201. The molecular formula is C26H31F3N4O7S. The third-order valence-electron chi connectivity index (χ3n) is 6.61. The van der Waals surface area contributed by atoms with E-state index in [1.807, 2.05) is 11.8 Å². The van der Waals surface area contributed by atoms with E-state index in [-0.39, 0.29) is 22.1 Å². The van der Waals surface area contributed by atoms with E-state index >= 15 is 0 Å². The van der Waals surface area contributed by atoms with Crippen molar-refractivity contribution in [2.45, 2.75) is 30.8 Å². The number of sulfonamides is 1. The summed E-state index contributed by atoms with van der Waals surface area (Å²) in [5, 5.41) is 16.9. The predicted molar refractivity (Wildman–Crippen MR) is 144 cm³/mol. The Morgan fingerprint density at radius 1 is 0.902 bits per heavy atom. The predicted octanol–water partition coefficient (Wildman–Crippen LogP) is 2.87. The molecule has 0 aromatic heterocycles. The van der Waals surface area contributed by atoms with Gasteiger partial charge in [-0.05, 0) is 50.1 Å². The lowest BCUT2D eigenvalue weighted by molar-refractivity contribution is -0.192. The van der Waals surface area contributed by atoms with Crippen molar-refractivity contribution in [3.8, 4) is 0 Å². The molecule has 0 spiro atoms. The number of likely N-dealkylation sites (tertiary alicyclic amines) is 1. The van der Waals surface area contributed by atoms with E-state index in [1.165, 1.54) is 24.3 Å². The van der Waals surface area contributed by atoms with Crippen LogP contribution in [0.1, 0.15) is 28.8 Å². The largest absolute Gasteiger partial charge is 0.490 e. The molecule has 2 aromatic rings. The highest BCUT2D eigenvalue weighted by atomic mass is 32.2. The summed E-state index contributed by atoms with van der Waals surface area (Å²) < 4.78 is 59.6. The van der Waals surface area contributed by atoms with Crippen LogP contribution in [0, 0.1) is 6.92 Å². The number of aromatic carboxylic acids is 1. The van der Waals surface area contributed by atoms with Gasteiger partial charge in [0, 0.05) is 45.0 Å². The minimum atomic E-state index is -5.08. The Morgan fingerprint density at radius 2 is 1.46 bits per heavy atom. The van der Waals surface area contributed by atoms with Gasteiger partial charge in [0.05, 0.1) is 22.7 Å². The molecule has 2 fully saturated rings. The molecule has 0 unspecified atom stereocenters. The average molecular weight is 601 g/mol. The summed E-state index contributed by atoms with van der Waals surface area (Å²) in [6.07, 6.45) is -2.94. The summed E-state index contributed by atoms with van der Waals surface area (Å²) in [6, 6.07) is 11.1. The lowest BCUT2D eigenvalue weighted by Crippen LogP contribution is -2.49. The molecule has 0 atom stereocenters. The average Bonchev–Trinajstić information content (AvgIpc) is 3.45. The fraction of sp³-hybridized carbons (Fsp3) is 0.423. The molecule has 0 saturated carbocycles. The number of aryl methyl sites for hydroxylation is 1. The zero-order chi connectivity index (χ0) is 30.4. The van der Waals surface area contributed by atoms with Gasteiger partial charge in [-0.25, -0.2) is 18.0 Å². The van der Waals surface area contributed by atoms with E-state index < -0.39 is 28.1 Å². The van der Waals surface area contributed by atoms with Crippen molar-refractivity contribution in [2.24, 2.45) is 0 Å². The van der Waals surface area contributed by atoms with Crippen LogP contribution in [0.2, 0.25) is 0 Å². The number of aliphatic carboxylic acids is 1. The molecule has 11 nitrogen and oxygen atoms in total. The normalized spacial score (nSPS) is 16.1. The van der Waals surface area contributed by atoms with Crippen LogP contribution in [-0.4, -0.2) is 98.3 Å². The second kappa shape index (κ2) is 13.2. The number of carbonyl (C=O) groups excluding carboxylic acids is 1. The van der Waals surface area contributed by atoms with Gasteiger partial charge in [-0.2, -0.15) is 13.2 Å². The number of hydrogen-bond acceptors (Lipinski definition) is 7. The zero-order valence-electron chi connectivity index (χ0n) is 22.2. The number of benzene rings is 2. The van der Waals surface area contributed by atoms with Gasteiger partial charge in [0.25, 0.3) is 10.0 Å². The zero-order valence-corrected chi connectivity index (χ0v) is 23.0. The smallest absolute Gasteiger partial charge is 0.478 e. The Balaban J connectivity index is 0.000000587. The summed E-state index contributed by atoms with van der Waals surface area (Å²) in [7, 11) is -3.92. The summed E-state index contributed by atoms with van der Waals surface area (Å²) in [4.78, 5) is 39.4. The van der Waals surface area contributed by atoms with Crippen LogP contribution in [0.15, 0.2) is 47.4 Å². The maximum Gasteiger partial charge on any atom is 0.490 e. The molecule has 41 heavy (non-hydrogen) atoms. The Labute approximate surface area is 235 Å². The molecule has 4 rings (SSSR count). The number of carboxylic acid groups (broad SMARTS) is 2. The molecule has 0 radical (unpaired) electrons. The van der Waals surface area contributed by atoms with Gasteiger partial charge in [0.2, 0.25) is 5.91 Å². The van der Waals surface area contributed by atoms with Gasteiger partial charge in [-0.1, -0.05) is 17.7 Å². The van der Waals surface area contributed by atoms with E-state index in [4.69, 9.17) is 9.90 Å². The number of rotatable bonds is 7. The lowest BCUT2D eigenvalue weighted by Gasteiger charge is -2.36. The van der Waals surface area contributed by atoms with Gasteiger partial charge < -0.3 is 20.0 Å². The van der Waals surface area contributed by atoms with Crippen LogP contribution in [0.3, 0.4) is 0 Å². The fourth-order valence-electron chi connectivity index (χ4n) is 4.34. The van der Waals surface area contributed by atoms with Gasteiger partial charge in [0.1, 0.15) is 0 Å². The summed E-state index contributed by atoms with van der Waals surface area (Å²) in [6.45, 7) is 6.66. The van der Waals surface area contributed by atoms with Gasteiger partial charge in [-0.15, -0.1) is 0 Å². The van der Waals surface area contributed by atoms with Gasteiger partial charge in [-0.3, -0.25) is 14.4 Å². The maximum absolute atomic E-state index is 12.7. The number of nitrogens with zero attached hydrogens (tertiary/aromatic N) is 3. The summed E-state index contributed by atoms with van der Waals surface area (Å²) in [5.74, 6) is -3.80. The molecule has 1 amide bonds. The number of carbonyl (C=O) groups is 3. The summed E-state index contributed by atoms with van der Waals surface area (Å²) in [5.41, 5.74) is 1.54. The molecule has 0 bridgehead atoms. The molecule has 2 aliphatic heterocycles. The highest BCUT2D eigenvalue weighted by Crippen LogP contribution is 2.27. The first-order chi connectivity index (χ1) is 19.2. The van der Waals surface area contributed by atoms with E-state index in [2.05, 4.69) is 14.5 Å². The minimum Gasteiger partial charge on any atom is -0.478 e. The van der Waals surface area contributed by atoms with E-state index in [0.29, 0.717) is 38.4 Å². The monoisotopic (exact) mass is 600 g/mol. The van der Waals surface area contributed by atoms with Crippen LogP contribution in [0.5, 0.6) is 0 Å². The fourth-order valence-corrected chi connectivity index (χ4v) is 5.42. The molecule has 3 N–H and O–H groups in total. The molecule has 224 valence electrons. The van der Waals surface area contributed by atoms with Crippen molar-refractivity contribution in [1.29, 1.82) is 0 Å². The Morgan fingerprint density at radius 3 is 1.98 bits per heavy atom. The van der Waals surface area contributed by atoms with Crippen molar-refractivity contribution in [2.75, 3.05) is 55.4 Å². The summed E-state index contributed by atoms with van der Waals surface area (Å²) >= 11 is 0. The van der Waals surface area contributed by atoms with E-state index in [9.17, 15) is 36.3 Å². The van der Waals surface area contributed by atoms with Crippen LogP contribution in [-0.2, 0) is 19.6 Å².